The van der Waals surface area contributed by atoms with E-state index in [0.717, 1.165) is 16.6 Å². The minimum atomic E-state index is -4.54. The van der Waals surface area contributed by atoms with Gasteiger partial charge in [-0.2, -0.15) is 18.3 Å². The lowest BCUT2D eigenvalue weighted by atomic mass is 10.1. The number of halogens is 3. The van der Waals surface area contributed by atoms with Crippen molar-refractivity contribution in [2.75, 3.05) is 17.1 Å². The summed E-state index contributed by atoms with van der Waals surface area (Å²) < 4.78 is 73.7. The lowest BCUT2D eigenvalue weighted by Gasteiger charge is -2.21. The first-order valence-electron chi connectivity index (χ1n) is 12.3. The molecule has 0 bridgehead atoms. The number of carbonyl (C=O) groups is 1. The van der Waals surface area contributed by atoms with Gasteiger partial charge in [-0.05, 0) is 68.4 Å². The van der Waals surface area contributed by atoms with Crippen LogP contribution in [0.3, 0.4) is 0 Å². The topological polar surface area (TPSA) is 93.0 Å². The minimum absolute atomic E-state index is 0.0253. The lowest BCUT2D eigenvalue weighted by Crippen LogP contribution is -2.39. The van der Waals surface area contributed by atoms with E-state index in [0.29, 0.717) is 28.5 Å². The monoisotopic (exact) mass is 584 g/mol. The van der Waals surface area contributed by atoms with E-state index in [4.69, 9.17) is 4.74 Å². The molecular weight excluding hydrogens is 557 g/mol. The second-order valence-corrected chi connectivity index (χ2v) is 11.1. The van der Waals surface area contributed by atoms with Gasteiger partial charge in [0.2, 0.25) is 10.0 Å². The highest BCUT2D eigenvalue weighted by molar-refractivity contribution is 7.92. The molecule has 0 aliphatic rings. The molecule has 4 rings (SSSR count). The van der Waals surface area contributed by atoms with Crippen LogP contribution >= 0.6 is 0 Å². The van der Waals surface area contributed by atoms with Crippen LogP contribution in [0.4, 0.5) is 18.9 Å². The molecule has 8 nitrogen and oxygen atoms in total. The van der Waals surface area contributed by atoms with Gasteiger partial charge in [0.1, 0.15) is 18.0 Å². The Morgan fingerprint density at radius 3 is 2.22 bits per heavy atom. The van der Waals surface area contributed by atoms with Crippen LogP contribution in [0, 0.1) is 13.8 Å². The summed E-state index contributed by atoms with van der Waals surface area (Å²) in [6.45, 7) is 2.75. The van der Waals surface area contributed by atoms with Crippen LogP contribution in [-0.2, 0) is 21.0 Å². The zero-order valence-electron chi connectivity index (χ0n) is 22.4. The zero-order chi connectivity index (χ0) is 29.8. The number of hydrazone groups is 1. The van der Waals surface area contributed by atoms with E-state index in [1.807, 2.05) is 18.2 Å². The molecule has 0 unspecified atom stereocenters. The molecule has 0 saturated carbocycles. The summed E-state index contributed by atoms with van der Waals surface area (Å²) in [6.07, 6.45) is -2.26. The fraction of sp³-hybridized carbons (Fsp3) is 0.172. The third kappa shape index (κ3) is 7.14. The molecule has 0 saturated heterocycles. The van der Waals surface area contributed by atoms with Crippen LogP contribution < -0.4 is 14.5 Å². The summed E-state index contributed by atoms with van der Waals surface area (Å²) in [5, 5.41) is 3.91. The Hall–Kier alpha value is -4.58. The maximum Gasteiger partial charge on any atom is 0.418 e. The number of nitrogens with one attached hydrogen (secondary N) is 1. The Bertz CT molecular complexity index is 1670. The molecule has 1 N–H and O–H groups in total. The van der Waals surface area contributed by atoms with E-state index < -0.39 is 34.2 Å². The quantitative estimate of drug-likeness (QED) is 0.198. The van der Waals surface area contributed by atoms with Crippen molar-refractivity contribution in [1.29, 1.82) is 0 Å². The molecule has 4 aromatic rings. The third-order valence-corrected chi connectivity index (χ3v) is 7.25. The molecule has 0 radical (unpaired) electrons. The van der Waals surface area contributed by atoms with E-state index in [1.54, 1.807) is 44.2 Å². The van der Waals surface area contributed by atoms with Gasteiger partial charge in [-0.3, -0.25) is 9.10 Å². The number of anilines is 1. The molecule has 41 heavy (non-hydrogen) atoms. The highest BCUT2D eigenvalue weighted by atomic mass is 32.2. The highest BCUT2D eigenvalue weighted by Gasteiger charge is 2.34. The van der Waals surface area contributed by atoms with Gasteiger partial charge in [0.05, 0.1) is 29.4 Å². The largest absolute Gasteiger partial charge is 0.457 e. The number of aryl methyl sites for hydroxylation is 1. The van der Waals surface area contributed by atoms with Crippen molar-refractivity contribution in [3.8, 4) is 17.2 Å². The number of aromatic nitrogens is 1. The summed E-state index contributed by atoms with van der Waals surface area (Å²) in [5.74, 6) is 0.383. The number of alkyl halides is 3. The first-order valence-corrected chi connectivity index (χ1v) is 14.2. The van der Waals surface area contributed by atoms with Gasteiger partial charge in [0.15, 0.2) is 0 Å². The smallest absolute Gasteiger partial charge is 0.418 e. The molecule has 0 aliphatic heterocycles. The number of sulfonamides is 1. The Labute approximate surface area is 235 Å². The number of hydrogen-bond acceptors (Lipinski definition) is 5. The van der Waals surface area contributed by atoms with E-state index >= 15 is 0 Å². The first-order chi connectivity index (χ1) is 19.3. The third-order valence-electron chi connectivity index (χ3n) is 6.10. The molecular formula is C29H27F3N4O4S. The summed E-state index contributed by atoms with van der Waals surface area (Å²) in [7, 11) is -3.83. The zero-order valence-corrected chi connectivity index (χ0v) is 23.2. The van der Waals surface area contributed by atoms with E-state index in [2.05, 4.69) is 10.5 Å². The van der Waals surface area contributed by atoms with Crippen LogP contribution in [0.15, 0.2) is 90.0 Å². The molecule has 3 aromatic carbocycles. The van der Waals surface area contributed by atoms with Crippen LogP contribution in [0.5, 0.6) is 11.5 Å². The molecule has 214 valence electrons. The number of carbonyl (C=O) groups excluding carboxylic acids is 1. The maximum atomic E-state index is 13.6. The summed E-state index contributed by atoms with van der Waals surface area (Å²) in [5.41, 5.74) is 3.23. The lowest BCUT2D eigenvalue weighted by molar-refractivity contribution is -0.137. The fourth-order valence-corrected chi connectivity index (χ4v) is 5.10. The van der Waals surface area contributed by atoms with Gasteiger partial charge in [-0.15, -0.1) is 0 Å². The molecule has 1 heterocycles. The molecule has 0 aliphatic carbocycles. The summed E-state index contributed by atoms with van der Waals surface area (Å²) >= 11 is 0. The predicted molar refractivity (Wildman–Crippen MR) is 151 cm³/mol. The van der Waals surface area contributed by atoms with Crippen LogP contribution in [0.2, 0.25) is 0 Å². The van der Waals surface area contributed by atoms with Crippen LogP contribution in [0.1, 0.15) is 22.5 Å². The van der Waals surface area contributed by atoms with E-state index in [1.165, 1.54) is 41.1 Å². The van der Waals surface area contributed by atoms with Crippen LogP contribution in [-0.4, -0.2) is 37.9 Å². The van der Waals surface area contributed by atoms with Gasteiger partial charge in [0.25, 0.3) is 5.91 Å². The van der Waals surface area contributed by atoms with Gasteiger partial charge in [-0.25, -0.2) is 13.8 Å². The minimum Gasteiger partial charge on any atom is -0.457 e. The Morgan fingerprint density at radius 1 is 0.976 bits per heavy atom. The standard InChI is InChI=1S/C29H27F3N4O4S/c1-20-17-22(21(2)36(20)27-12-8-7-11-26(27)29(30,31)32)18-33-34-28(37)19-35(41(3,38)39)23-13-15-25(16-14-23)40-24-9-5-4-6-10-24/h4-18H,19H2,1-3H3,(H,34,37). The Morgan fingerprint density at radius 2 is 1.59 bits per heavy atom. The number of hydrogen-bond donors (Lipinski definition) is 1. The molecule has 0 spiro atoms. The predicted octanol–water partition coefficient (Wildman–Crippen LogP) is 5.82. The fourth-order valence-electron chi connectivity index (χ4n) is 4.24. The Balaban J connectivity index is 1.47. The van der Waals surface area contributed by atoms with Crippen molar-refractivity contribution in [2.24, 2.45) is 5.10 Å². The van der Waals surface area contributed by atoms with Gasteiger partial charge in [0, 0.05) is 17.0 Å². The number of amides is 1. The van der Waals surface area contributed by atoms with E-state index in [-0.39, 0.29) is 11.4 Å². The maximum absolute atomic E-state index is 13.6. The number of ether oxygens (including phenoxy) is 1. The highest BCUT2D eigenvalue weighted by Crippen LogP contribution is 2.35. The first kappa shape index (κ1) is 29.4. The average Bonchev–Trinajstić information content (AvgIpc) is 3.19. The second-order valence-electron chi connectivity index (χ2n) is 9.15. The number of rotatable bonds is 9. The van der Waals surface area contributed by atoms with Crippen molar-refractivity contribution >= 4 is 27.8 Å². The van der Waals surface area contributed by atoms with Crippen molar-refractivity contribution in [1.82, 2.24) is 9.99 Å². The average molecular weight is 585 g/mol. The SMILES string of the molecule is Cc1cc(C=NNC(=O)CN(c2ccc(Oc3ccccc3)cc2)S(C)(=O)=O)c(C)n1-c1ccccc1C(F)(F)F. The summed E-state index contributed by atoms with van der Waals surface area (Å²) in [6, 6.07) is 22.1. The normalized spacial score (nSPS) is 12.0. The van der Waals surface area contributed by atoms with Crippen LogP contribution in [0.25, 0.3) is 5.69 Å². The van der Waals surface area contributed by atoms with Crippen molar-refractivity contribution < 1.29 is 31.1 Å². The molecule has 1 aromatic heterocycles. The molecule has 12 heteroatoms. The molecule has 0 fully saturated rings. The molecule has 1 amide bonds. The molecule has 0 atom stereocenters. The number of benzene rings is 3. The second kappa shape index (κ2) is 11.9. The summed E-state index contributed by atoms with van der Waals surface area (Å²) in [4.78, 5) is 12.6. The number of nitrogens with zero attached hydrogens (tertiary/aromatic N) is 3. The van der Waals surface area contributed by atoms with Gasteiger partial charge >= 0.3 is 6.18 Å². The number of para-hydroxylation sites is 2. The van der Waals surface area contributed by atoms with Crippen molar-refractivity contribution in [3.05, 3.63) is 107 Å². The van der Waals surface area contributed by atoms with Crippen molar-refractivity contribution in [3.63, 3.8) is 0 Å². The van der Waals surface area contributed by atoms with E-state index in [9.17, 15) is 26.4 Å². The van der Waals surface area contributed by atoms with Gasteiger partial charge in [-0.1, -0.05) is 30.3 Å². The van der Waals surface area contributed by atoms with Crippen molar-refractivity contribution in [2.45, 2.75) is 20.0 Å². The Kier molecular flexibility index (Phi) is 8.52. The van der Waals surface area contributed by atoms with Gasteiger partial charge < -0.3 is 9.30 Å².